The van der Waals surface area contributed by atoms with E-state index in [0.717, 1.165) is 6.20 Å². The summed E-state index contributed by atoms with van der Waals surface area (Å²) in [5, 5.41) is 17.0. The van der Waals surface area contributed by atoms with Crippen molar-refractivity contribution in [3.8, 4) is 11.1 Å². The van der Waals surface area contributed by atoms with Crippen molar-refractivity contribution in [2.45, 2.75) is 0 Å². The molecule has 1 heterocycles. The highest BCUT2D eigenvalue weighted by Crippen LogP contribution is 2.26. The van der Waals surface area contributed by atoms with Crippen molar-refractivity contribution in [1.82, 2.24) is 14.1 Å². The minimum atomic E-state index is -4.27. The molecule has 0 aliphatic carbocycles. The van der Waals surface area contributed by atoms with Crippen LogP contribution in [0.15, 0.2) is 36.5 Å². The van der Waals surface area contributed by atoms with E-state index in [2.05, 4.69) is 10.2 Å². The number of carboxylic acid groups (broad SMARTS) is 1. The average molecular weight is 387 g/mol. The molecule has 0 fully saturated rings. The molecule has 1 amide bonds. The summed E-state index contributed by atoms with van der Waals surface area (Å²) in [5.41, 5.74) is 0.264. The number of halogens is 1. The Morgan fingerprint density at radius 1 is 1.24 bits per heavy atom. The van der Waals surface area contributed by atoms with E-state index in [0.29, 0.717) is 22.6 Å². The first-order valence-corrected chi connectivity index (χ1v) is 8.84. The summed E-state index contributed by atoms with van der Waals surface area (Å²) < 4.78 is 23.5. The van der Waals surface area contributed by atoms with Gasteiger partial charge in [0.1, 0.15) is 0 Å². The van der Waals surface area contributed by atoms with Crippen LogP contribution in [0.25, 0.3) is 11.1 Å². The maximum absolute atomic E-state index is 12.1. The number of hydrogen-bond acceptors (Lipinski definition) is 5. The Morgan fingerprint density at radius 2 is 1.96 bits per heavy atom. The average Bonchev–Trinajstić information content (AvgIpc) is 3.00. The molecule has 0 atom stereocenters. The monoisotopic (exact) mass is 386 g/mol. The molecule has 1 aromatic heterocycles. The van der Waals surface area contributed by atoms with Crippen molar-refractivity contribution in [1.29, 1.82) is 0 Å². The normalized spacial score (nSPS) is 11.3. The SMILES string of the molecule is NS(=O)(=O)n1ccc(-c2cccc(C(=O)NCCNCl)c2)c1C(=O)O. The Hall–Kier alpha value is -2.40. The largest absolute Gasteiger partial charge is 0.477 e. The van der Waals surface area contributed by atoms with Crippen molar-refractivity contribution in [2.75, 3.05) is 13.1 Å². The fraction of sp³-hybridized carbons (Fsp3) is 0.143. The minimum absolute atomic E-state index is 0.124. The smallest absolute Gasteiger partial charge is 0.354 e. The second-order valence-corrected chi connectivity index (χ2v) is 6.63. The first-order chi connectivity index (χ1) is 11.8. The molecule has 2 aromatic rings. The molecular formula is C14H15ClN4O5S. The minimum Gasteiger partial charge on any atom is -0.477 e. The van der Waals surface area contributed by atoms with Crippen LogP contribution in [0.3, 0.4) is 0 Å². The first-order valence-electron chi connectivity index (χ1n) is 6.95. The molecule has 2 rings (SSSR count). The first kappa shape index (κ1) is 18.9. The fourth-order valence-corrected chi connectivity index (χ4v) is 2.98. The second-order valence-electron chi connectivity index (χ2n) is 4.94. The van der Waals surface area contributed by atoms with Crippen molar-refractivity contribution < 1.29 is 23.1 Å². The number of carbonyl (C=O) groups is 2. The molecule has 11 heteroatoms. The zero-order chi connectivity index (χ0) is 18.6. The van der Waals surface area contributed by atoms with Gasteiger partial charge < -0.3 is 10.4 Å². The summed E-state index contributed by atoms with van der Waals surface area (Å²) in [4.78, 5) is 25.9. The van der Waals surface area contributed by atoms with Crippen molar-refractivity contribution >= 4 is 33.9 Å². The van der Waals surface area contributed by atoms with Gasteiger partial charge in [-0.15, -0.1) is 0 Å². The highest BCUT2D eigenvalue weighted by molar-refractivity contribution is 7.87. The molecular weight excluding hydrogens is 372 g/mol. The van der Waals surface area contributed by atoms with Gasteiger partial charge in [-0.1, -0.05) is 12.1 Å². The van der Waals surface area contributed by atoms with Gasteiger partial charge in [-0.2, -0.15) is 8.42 Å². The van der Waals surface area contributed by atoms with Crippen LogP contribution in [0.2, 0.25) is 0 Å². The molecule has 0 saturated heterocycles. The molecule has 0 aliphatic rings. The summed E-state index contributed by atoms with van der Waals surface area (Å²) >= 11 is 5.30. The van der Waals surface area contributed by atoms with E-state index in [1.54, 1.807) is 18.2 Å². The van der Waals surface area contributed by atoms with Crippen LogP contribution >= 0.6 is 11.8 Å². The van der Waals surface area contributed by atoms with E-state index in [-0.39, 0.29) is 17.0 Å². The topological polar surface area (TPSA) is 144 Å². The number of nitrogens with two attached hydrogens (primary N) is 1. The number of carbonyl (C=O) groups excluding carboxylic acids is 1. The third-order valence-electron chi connectivity index (χ3n) is 3.27. The Balaban J connectivity index is 2.43. The lowest BCUT2D eigenvalue weighted by atomic mass is 10.0. The molecule has 0 radical (unpaired) electrons. The van der Waals surface area contributed by atoms with E-state index < -0.39 is 21.9 Å². The van der Waals surface area contributed by atoms with Gasteiger partial charge >= 0.3 is 16.2 Å². The van der Waals surface area contributed by atoms with Gasteiger partial charge in [0, 0.05) is 30.4 Å². The molecule has 1 aromatic carbocycles. The Labute approximate surface area is 148 Å². The lowest BCUT2D eigenvalue weighted by Gasteiger charge is -2.08. The van der Waals surface area contributed by atoms with Crippen LogP contribution in [0, 0.1) is 0 Å². The zero-order valence-electron chi connectivity index (χ0n) is 12.8. The third-order valence-corrected chi connectivity index (χ3v) is 4.31. The lowest BCUT2D eigenvalue weighted by molar-refractivity contribution is 0.0690. The fourth-order valence-electron chi connectivity index (χ4n) is 2.22. The van der Waals surface area contributed by atoms with E-state index in [9.17, 15) is 23.1 Å². The lowest BCUT2D eigenvalue weighted by Crippen LogP contribution is -2.29. The van der Waals surface area contributed by atoms with Crippen molar-refractivity contribution in [2.24, 2.45) is 5.14 Å². The van der Waals surface area contributed by atoms with Crippen LogP contribution in [0.1, 0.15) is 20.8 Å². The number of aromatic nitrogens is 1. The maximum atomic E-state index is 12.1. The summed E-state index contributed by atoms with van der Waals surface area (Å²) in [6, 6.07) is 7.43. The van der Waals surface area contributed by atoms with Gasteiger partial charge in [-0.3, -0.25) is 4.79 Å². The van der Waals surface area contributed by atoms with Crippen molar-refractivity contribution in [3.05, 3.63) is 47.8 Å². The number of carboxylic acids is 1. The number of nitrogens with one attached hydrogen (secondary N) is 2. The number of aromatic carboxylic acids is 1. The molecule has 134 valence electrons. The number of rotatable bonds is 7. The van der Waals surface area contributed by atoms with E-state index in [1.807, 2.05) is 0 Å². The molecule has 0 aliphatic heterocycles. The van der Waals surface area contributed by atoms with Gasteiger partial charge in [-0.25, -0.2) is 18.7 Å². The number of hydrogen-bond donors (Lipinski definition) is 4. The summed E-state index contributed by atoms with van der Waals surface area (Å²) in [6.45, 7) is 0.669. The van der Waals surface area contributed by atoms with Crippen molar-refractivity contribution in [3.63, 3.8) is 0 Å². The van der Waals surface area contributed by atoms with Gasteiger partial charge in [0.2, 0.25) is 0 Å². The quantitative estimate of drug-likeness (QED) is 0.400. The van der Waals surface area contributed by atoms with Crippen LogP contribution in [-0.4, -0.2) is 42.5 Å². The predicted molar refractivity (Wildman–Crippen MR) is 91.5 cm³/mol. The Bertz CT molecular complexity index is 910. The molecule has 5 N–H and O–H groups in total. The Kier molecular flexibility index (Phi) is 5.80. The van der Waals surface area contributed by atoms with Gasteiger partial charge in [-0.05, 0) is 35.5 Å². The predicted octanol–water partition coefficient (Wildman–Crippen LogP) is 0.378. The number of benzene rings is 1. The maximum Gasteiger partial charge on any atom is 0.354 e. The number of nitrogens with zero attached hydrogens (tertiary/aromatic N) is 1. The van der Waals surface area contributed by atoms with Crippen LogP contribution < -0.4 is 15.3 Å². The summed E-state index contributed by atoms with van der Waals surface area (Å²) in [5.74, 6) is -1.84. The third kappa shape index (κ3) is 4.37. The summed E-state index contributed by atoms with van der Waals surface area (Å²) in [6.07, 6.45) is 1.05. The number of amides is 1. The van der Waals surface area contributed by atoms with Crippen LogP contribution in [0.4, 0.5) is 0 Å². The van der Waals surface area contributed by atoms with Gasteiger partial charge in [0.05, 0.1) is 0 Å². The van der Waals surface area contributed by atoms with E-state index in [1.165, 1.54) is 12.1 Å². The zero-order valence-corrected chi connectivity index (χ0v) is 14.3. The molecule has 9 nitrogen and oxygen atoms in total. The highest BCUT2D eigenvalue weighted by Gasteiger charge is 2.23. The van der Waals surface area contributed by atoms with Gasteiger partial charge in [0.25, 0.3) is 5.91 Å². The second kappa shape index (κ2) is 7.66. The van der Waals surface area contributed by atoms with E-state index >= 15 is 0 Å². The highest BCUT2D eigenvalue weighted by atomic mass is 35.5. The Morgan fingerprint density at radius 3 is 2.56 bits per heavy atom. The molecule has 0 bridgehead atoms. The van der Waals surface area contributed by atoms with E-state index in [4.69, 9.17) is 16.9 Å². The molecule has 0 spiro atoms. The standard InChI is InChI=1S/C14H15ClN4O5S/c15-18-6-5-17-13(20)10-3-1-2-9(8-10)11-4-7-19(25(16,23)24)12(11)14(21)22/h1-4,7-8,18H,5-6H2,(H,17,20)(H,21,22)(H2,16,23,24). The molecule has 0 unspecified atom stereocenters. The van der Waals surface area contributed by atoms with Crippen LogP contribution in [-0.2, 0) is 10.2 Å². The molecule has 0 saturated carbocycles. The van der Waals surface area contributed by atoms with Gasteiger partial charge in [0.15, 0.2) is 5.69 Å². The van der Waals surface area contributed by atoms with Crippen LogP contribution in [0.5, 0.6) is 0 Å². The molecule has 25 heavy (non-hydrogen) atoms. The summed E-state index contributed by atoms with van der Waals surface area (Å²) in [7, 11) is -4.27.